The molecule has 8 nitrogen and oxygen atoms in total. The third kappa shape index (κ3) is 3.77. The first-order valence-electron chi connectivity index (χ1n) is 9.62. The molecule has 0 saturated carbocycles. The fraction of sp³-hybridized carbons (Fsp3) is 0.500. The lowest BCUT2D eigenvalue weighted by atomic mass is 10.2. The molecule has 1 amide bonds. The van der Waals surface area contributed by atoms with Gasteiger partial charge in [-0.3, -0.25) is 9.78 Å². The third-order valence-corrected chi connectivity index (χ3v) is 5.21. The van der Waals surface area contributed by atoms with E-state index in [1.807, 2.05) is 22.9 Å². The van der Waals surface area contributed by atoms with Crippen molar-refractivity contribution in [3.05, 3.63) is 29.6 Å². The van der Waals surface area contributed by atoms with E-state index in [1.54, 1.807) is 19.4 Å². The Labute approximate surface area is 164 Å². The highest BCUT2D eigenvalue weighted by atomic mass is 16.5. The molecule has 3 heterocycles. The molecule has 2 aromatic rings. The van der Waals surface area contributed by atoms with E-state index >= 15 is 0 Å². The molecule has 0 atom stereocenters. The van der Waals surface area contributed by atoms with E-state index in [9.17, 15) is 4.79 Å². The zero-order chi connectivity index (χ0) is 19.5. The number of fused-ring (bicyclic) bond motifs is 1. The van der Waals surface area contributed by atoms with Gasteiger partial charge in [-0.2, -0.15) is 0 Å². The van der Waals surface area contributed by atoms with Crippen LogP contribution in [0, 0.1) is 0 Å². The Morgan fingerprint density at radius 2 is 2.11 bits per heavy atom. The monoisotopic (exact) mass is 383 g/mol. The molecular formula is C20H25N5O3. The van der Waals surface area contributed by atoms with Crippen molar-refractivity contribution in [1.82, 2.24) is 19.9 Å². The molecule has 0 aromatic carbocycles. The lowest BCUT2D eigenvalue weighted by Crippen LogP contribution is -2.45. The summed E-state index contributed by atoms with van der Waals surface area (Å²) in [4.78, 5) is 30.4. The molecule has 0 spiro atoms. The van der Waals surface area contributed by atoms with Gasteiger partial charge in [-0.15, -0.1) is 0 Å². The van der Waals surface area contributed by atoms with Crippen LogP contribution in [0.5, 0.6) is 5.75 Å². The molecule has 4 rings (SSSR count). The number of hydrogen-bond donors (Lipinski definition) is 0. The van der Waals surface area contributed by atoms with Crippen molar-refractivity contribution >= 4 is 11.7 Å². The number of methoxy groups -OCH3 is 1. The maximum absolute atomic E-state index is 12.7. The second-order valence-electron chi connectivity index (χ2n) is 7.08. The van der Waals surface area contributed by atoms with Crippen LogP contribution in [-0.4, -0.2) is 72.8 Å². The van der Waals surface area contributed by atoms with Gasteiger partial charge in [0.05, 0.1) is 26.9 Å². The first kappa shape index (κ1) is 18.6. The minimum Gasteiger partial charge on any atom is -0.497 e. The summed E-state index contributed by atoms with van der Waals surface area (Å²) in [6.45, 7) is 2.78. The number of amides is 1. The second kappa shape index (κ2) is 8.10. The number of rotatable bonds is 5. The van der Waals surface area contributed by atoms with E-state index in [0.717, 1.165) is 36.3 Å². The van der Waals surface area contributed by atoms with Crippen molar-refractivity contribution < 1.29 is 14.3 Å². The molecule has 8 heteroatoms. The fourth-order valence-electron chi connectivity index (χ4n) is 3.69. The zero-order valence-corrected chi connectivity index (χ0v) is 16.3. The summed E-state index contributed by atoms with van der Waals surface area (Å²) >= 11 is 0. The lowest BCUT2D eigenvalue weighted by Gasteiger charge is -2.29. The molecule has 0 unspecified atom stereocenters. The van der Waals surface area contributed by atoms with Crippen LogP contribution in [0.3, 0.4) is 0 Å². The van der Waals surface area contributed by atoms with Crippen molar-refractivity contribution in [2.45, 2.75) is 19.3 Å². The van der Waals surface area contributed by atoms with Crippen LogP contribution >= 0.6 is 0 Å². The SMILES string of the molecule is COc1ccnc(-c2nc3c(c(N(C)CC(=O)N4CCOCC4)n2)CCC3)c1. The van der Waals surface area contributed by atoms with Crippen LogP contribution < -0.4 is 9.64 Å². The van der Waals surface area contributed by atoms with Crippen LogP contribution in [0.1, 0.15) is 17.7 Å². The molecule has 0 bridgehead atoms. The van der Waals surface area contributed by atoms with Crippen LogP contribution in [-0.2, 0) is 22.4 Å². The predicted molar refractivity (Wildman–Crippen MR) is 105 cm³/mol. The number of pyridine rings is 1. The average Bonchev–Trinajstić information content (AvgIpc) is 3.22. The molecule has 1 aliphatic carbocycles. The zero-order valence-electron chi connectivity index (χ0n) is 16.3. The van der Waals surface area contributed by atoms with E-state index in [4.69, 9.17) is 19.4 Å². The summed E-state index contributed by atoms with van der Waals surface area (Å²) in [7, 11) is 3.54. The Balaban J connectivity index is 1.62. The van der Waals surface area contributed by atoms with Gasteiger partial charge in [-0.05, 0) is 25.3 Å². The standard InChI is InChI=1S/C20H25N5O3/c1-24(13-18(26)25-8-10-28-11-9-25)20-15-4-3-5-16(15)22-19(23-20)17-12-14(27-2)6-7-21-17/h6-7,12H,3-5,8-11,13H2,1-2H3. The third-order valence-electron chi connectivity index (χ3n) is 5.21. The molecule has 2 aliphatic rings. The number of nitrogens with zero attached hydrogens (tertiary/aromatic N) is 5. The van der Waals surface area contributed by atoms with Gasteiger partial charge in [0, 0.05) is 43.7 Å². The second-order valence-corrected chi connectivity index (χ2v) is 7.08. The van der Waals surface area contributed by atoms with Crippen LogP contribution in [0.2, 0.25) is 0 Å². The molecule has 148 valence electrons. The first-order chi connectivity index (χ1) is 13.7. The summed E-state index contributed by atoms with van der Waals surface area (Å²) in [5.41, 5.74) is 2.86. The number of anilines is 1. The van der Waals surface area contributed by atoms with Gasteiger partial charge in [-0.1, -0.05) is 0 Å². The Bertz CT molecular complexity index is 867. The van der Waals surface area contributed by atoms with Gasteiger partial charge in [0.15, 0.2) is 5.82 Å². The summed E-state index contributed by atoms with van der Waals surface area (Å²) in [6.07, 6.45) is 4.60. The van der Waals surface area contributed by atoms with Crippen molar-refractivity contribution in [3.63, 3.8) is 0 Å². The molecule has 0 N–H and O–H groups in total. The van der Waals surface area contributed by atoms with E-state index in [1.165, 1.54) is 0 Å². The number of carbonyl (C=O) groups is 1. The number of ether oxygens (including phenoxy) is 2. The number of likely N-dealkylation sites (N-methyl/N-ethyl adjacent to an activating group) is 1. The van der Waals surface area contributed by atoms with Crippen molar-refractivity contribution in [3.8, 4) is 17.3 Å². The van der Waals surface area contributed by atoms with E-state index in [-0.39, 0.29) is 12.5 Å². The Morgan fingerprint density at radius 1 is 1.29 bits per heavy atom. The van der Waals surface area contributed by atoms with Gasteiger partial charge in [0.25, 0.3) is 0 Å². The smallest absolute Gasteiger partial charge is 0.242 e. The number of aromatic nitrogens is 3. The van der Waals surface area contributed by atoms with Crippen molar-refractivity contribution in [2.75, 3.05) is 51.9 Å². The van der Waals surface area contributed by atoms with Crippen LogP contribution in [0.15, 0.2) is 18.3 Å². The summed E-state index contributed by atoms with van der Waals surface area (Å²) < 4.78 is 10.6. The van der Waals surface area contributed by atoms with Gasteiger partial charge < -0.3 is 19.3 Å². The minimum atomic E-state index is 0.0946. The summed E-state index contributed by atoms with van der Waals surface area (Å²) in [5.74, 6) is 2.20. The molecule has 0 radical (unpaired) electrons. The van der Waals surface area contributed by atoms with Gasteiger partial charge >= 0.3 is 0 Å². The molecule has 28 heavy (non-hydrogen) atoms. The topological polar surface area (TPSA) is 80.7 Å². The van der Waals surface area contributed by atoms with E-state index in [0.29, 0.717) is 43.6 Å². The number of carbonyl (C=O) groups excluding carboxylic acids is 1. The van der Waals surface area contributed by atoms with Crippen molar-refractivity contribution in [1.29, 1.82) is 0 Å². The quantitative estimate of drug-likeness (QED) is 0.770. The summed E-state index contributed by atoms with van der Waals surface area (Å²) in [6, 6.07) is 3.63. The van der Waals surface area contributed by atoms with Crippen LogP contribution in [0.25, 0.3) is 11.5 Å². The highest BCUT2D eigenvalue weighted by molar-refractivity contribution is 5.81. The number of hydrogen-bond acceptors (Lipinski definition) is 7. The average molecular weight is 383 g/mol. The van der Waals surface area contributed by atoms with Gasteiger partial charge in [0.2, 0.25) is 5.91 Å². The number of aryl methyl sites for hydroxylation is 1. The first-order valence-corrected chi connectivity index (χ1v) is 9.62. The van der Waals surface area contributed by atoms with Gasteiger partial charge in [-0.25, -0.2) is 9.97 Å². The molecular weight excluding hydrogens is 358 g/mol. The molecule has 1 aliphatic heterocycles. The Hall–Kier alpha value is -2.74. The fourth-order valence-corrected chi connectivity index (χ4v) is 3.69. The van der Waals surface area contributed by atoms with Crippen molar-refractivity contribution in [2.24, 2.45) is 0 Å². The van der Waals surface area contributed by atoms with Gasteiger partial charge in [0.1, 0.15) is 17.3 Å². The Kier molecular flexibility index (Phi) is 5.38. The highest BCUT2D eigenvalue weighted by Crippen LogP contribution is 2.31. The normalized spacial score (nSPS) is 16.0. The highest BCUT2D eigenvalue weighted by Gasteiger charge is 2.25. The Morgan fingerprint density at radius 3 is 2.89 bits per heavy atom. The summed E-state index contributed by atoms with van der Waals surface area (Å²) in [5, 5.41) is 0. The predicted octanol–water partition coefficient (Wildman–Crippen LogP) is 1.33. The molecule has 2 aromatic heterocycles. The number of morpholine rings is 1. The maximum Gasteiger partial charge on any atom is 0.242 e. The molecule has 1 fully saturated rings. The van der Waals surface area contributed by atoms with E-state index in [2.05, 4.69) is 4.98 Å². The van der Waals surface area contributed by atoms with Crippen LogP contribution in [0.4, 0.5) is 5.82 Å². The minimum absolute atomic E-state index is 0.0946. The largest absolute Gasteiger partial charge is 0.497 e. The maximum atomic E-state index is 12.7. The molecule has 1 saturated heterocycles. The van der Waals surface area contributed by atoms with E-state index < -0.39 is 0 Å². The lowest BCUT2D eigenvalue weighted by molar-refractivity contribution is -0.133.